The van der Waals surface area contributed by atoms with Crippen LogP contribution in [0.3, 0.4) is 0 Å². The molecule has 0 aliphatic carbocycles. The van der Waals surface area contributed by atoms with Crippen LogP contribution < -0.4 is 0 Å². The molecule has 2 nitrogen and oxygen atoms in total. The Morgan fingerprint density at radius 1 is 1.64 bits per heavy atom. The van der Waals surface area contributed by atoms with Crippen molar-refractivity contribution in [3.05, 3.63) is 29.0 Å². The maximum atomic E-state index is 10.0. The molecule has 0 atom stereocenters. The number of halogens is 2. The summed E-state index contributed by atoms with van der Waals surface area (Å²) >= 11 is 5.70. The predicted octanol–water partition coefficient (Wildman–Crippen LogP) is 1.90. The molecule has 0 aliphatic rings. The van der Waals surface area contributed by atoms with Crippen LogP contribution in [0.5, 0.6) is 0 Å². The highest BCUT2D eigenvalue weighted by Gasteiger charge is 1.96. The number of aldehydes is 1. The van der Waals surface area contributed by atoms with Crippen LogP contribution in [-0.2, 0) is 11.2 Å². The largest absolute Gasteiger partial charge is 0.303 e. The molecule has 0 fully saturated rings. The number of hydrogen-bond donors (Lipinski definition) is 0. The first-order valence-electron chi connectivity index (χ1n) is 2.86. The fourth-order valence-corrected chi connectivity index (χ4v) is 0.832. The molecule has 0 bridgehead atoms. The van der Waals surface area contributed by atoms with Crippen molar-refractivity contribution in [2.45, 2.75) is 6.42 Å². The number of carbonyl (C=O) groups is 1. The van der Waals surface area contributed by atoms with E-state index < -0.39 is 0 Å². The van der Waals surface area contributed by atoms with Crippen molar-refractivity contribution in [3.63, 3.8) is 0 Å². The molecule has 0 aromatic carbocycles. The predicted molar refractivity (Wildman–Crippen MR) is 46.3 cm³/mol. The molecule has 1 heterocycles. The maximum Gasteiger partial charge on any atom is 0.124 e. The van der Waals surface area contributed by atoms with Crippen LogP contribution in [0, 0.1) is 0 Å². The van der Waals surface area contributed by atoms with Crippen molar-refractivity contribution in [1.29, 1.82) is 0 Å². The van der Waals surface area contributed by atoms with E-state index in [9.17, 15) is 4.79 Å². The third kappa shape index (κ3) is 2.87. The van der Waals surface area contributed by atoms with Gasteiger partial charge in [0, 0.05) is 23.8 Å². The average Bonchev–Trinajstić information content (AvgIpc) is 1.94. The molecule has 0 saturated heterocycles. The Kier molecular flexibility index (Phi) is 4.83. The summed E-state index contributed by atoms with van der Waals surface area (Å²) in [6, 6.07) is 1.67. The topological polar surface area (TPSA) is 30.0 Å². The summed E-state index contributed by atoms with van der Waals surface area (Å²) in [4.78, 5) is 13.9. The van der Waals surface area contributed by atoms with Gasteiger partial charge in [-0.2, -0.15) is 0 Å². The third-order valence-corrected chi connectivity index (χ3v) is 1.52. The molecule has 60 valence electrons. The van der Waals surface area contributed by atoms with Crippen molar-refractivity contribution in [1.82, 2.24) is 4.98 Å². The fourth-order valence-electron chi connectivity index (χ4n) is 0.650. The first kappa shape index (κ1) is 10.4. The van der Waals surface area contributed by atoms with E-state index in [4.69, 9.17) is 11.6 Å². The van der Waals surface area contributed by atoms with Gasteiger partial charge in [0.05, 0.1) is 0 Å². The molecule has 0 saturated carbocycles. The van der Waals surface area contributed by atoms with Crippen LogP contribution in [-0.4, -0.2) is 11.3 Å². The Hall–Kier alpha value is -0.600. The minimum atomic E-state index is 0. The van der Waals surface area contributed by atoms with Crippen LogP contribution in [0.2, 0.25) is 5.02 Å². The summed E-state index contributed by atoms with van der Waals surface area (Å²) < 4.78 is 0. The second-order valence-electron chi connectivity index (χ2n) is 1.84. The SMILES string of the molecule is Cl.O=CCc1cnccc1Cl. The molecule has 1 aromatic rings. The molecule has 1 aromatic heterocycles. The van der Waals surface area contributed by atoms with E-state index in [0.29, 0.717) is 11.4 Å². The Bertz CT molecular complexity index is 240. The van der Waals surface area contributed by atoms with Crippen LogP contribution >= 0.6 is 24.0 Å². The van der Waals surface area contributed by atoms with Gasteiger partial charge in [0.25, 0.3) is 0 Å². The van der Waals surface area contributed by atoms with Crippen LogP contribution in [0.25, 0.3) is 0 Å². The van der Waals surface area contributed by atoms with Gasteiger partial charge in [-0.05, 0) is 11.6 Å². The molecular weight excluding hydrogens is 185 g/mol. The smallest absolute Gasteiger partial charge is 0.124 e. The molecule has 0 N–H and O–H groups in total. The Labute approximate surface area is 76.0 Å². The van der Waals surface area contributed by atoms with Crippen molar-refractivity contribution >= 4 is 30.3 Å². The van der Waals surface area contributed by atoms with Crippen molar-refractivity contribution in [2.75, 3.05) is 0 Å². The average molecular weight is 192 g/mol. The van der Waals surface area contributed by atoms with E-state index in [1.807, 2.05) is 0 Å². The highest BCUT2D eigenvalue weighted by atomic mass is 35.5. The lowest BCUT2D eigenvalue weighted by molar-refractivity contribution is -0.107. The highest BCUT2D eigenvalue weighted by molar-refractivity contribution is 6.31. The zero-order chi connectivity index (χ0) is 7.40. The van der Waals surface area contributed by atoms with Gasteiger partial charge in [0.15, 0.2) is 0 Å². The van der Waals surface area contributed by atoms with Crippen LogP contribution in [0.15, 0.2) is 18.5 Å². The van der Waals surface area contributed by atoms with Gasteiger partial charge in [0.2, 0.25) is 0 Å². The van der Waals surface area contributed by atoms with Gasteiger partial charge in [-0.1, -0.05) is 11.6 Å². The molecule has 4 heteroatoms. The minimum Gasteiger partial charge on any atom is -0.303 e. The number of nitrogens with zero attached hydrogens (tertiary/aromatic N) is 1. The summed E-state index contributed by atoms with van der Waals surface area (Å²) in [6.07, 6.45) is 4.34. The summed E-state index contributed by atoms with van der Waals surface area (Å²) in [7, 11) is 0. The van der Waals surface area contributed by atoms with Crippen molar-refractivity contribution < 1.29 is 4.79 Å². The fraction of sp³-hybridized carbons (Fsp3) is 0.143. The Morgan fingerprint density at radius 3 is 2.91 bits per heavy atom. The molecule has 0 radical (unpaired) electrons. The van der Waals surface area contributed by atoms with E-state index in [-0.39, 0.29) is 12.4 Å². The lowest BCUT2D eigenvalue weighted by Gasteiger charge is -1.94. The van der Waals surface area contributed by atoms with Gasteiger partial charge in [-0.15, -0.1) is 12.4 Å². The zero-order valence-electron chi connectivity index (χ0n) is 5.66. The monoisotopic (exact) mass is 191 g/mol. The number of hydrogen-bond acceptors (Lipinski definition) is 2. The molecule has 0 amide bonds. The third-order valence-electron chi connectivity index (χ3n) is 1.15. The second-order valence-corrected chi connectivity index (χ2v) is 2.25. The molecular formula is C7H7Cl2NO. The molecule has 1 rings (SSSR count). The molecule has 0 unspecified atom stereocenters. The Morgan fingerprint density at radius 2 is 2.36 bits per heavy atom. The second kappa shape index (κ2) is 5.10. The van der Waals surface area contributed by atoms with Crippen LogP contribution in [0.1, 0.15) is 5.56 Å². The molecule has 0 spiro atoms. The normalized spacial score (nSPS) is 8.45. The van der Waals surface area contributed by atoms with Gasteiger partial charge >= 0.3 is 0 Å². The van der Waals surface area contributed by atoms with Gasteiger partial charge in [-0.25, -0.2) is 0 Å². The number of pyridine rings is 1. The van der Waals surface area contributed by atoms with Gasteiger partial charge in [-0.3, -0.25) is 4.98 Å². The van der Waals surface area contributed by atoms with Crippen LogP contribution in [0.4, 0.5) is 0 Å². The standard InChI is InChI=1S/C7H6ClNO.ClH/c8-7-1-3-9-5-6(7)2-4-10;/h1,3-5H,2H2;1H. The van der Waals surface area contributed by atoms with Gasteiger partial charge < -0.3 is 4.79 Å². The quantitative estimate of drug-likeness (QED) is 0.669. The highest BCUT2D eigenvalue weighted by Crippen LogP contribution is 2.12. The maximum absolute atomic E-state index is 10.0. The first-order valence-corrected chi connectivity index (χ1v) is 3.24. The summed E-state index contributed by atoms with van der Waals surface area (Å²) in [6.45, 7) is 0. The summed E-state index contributed by atoms with van der Waals surface area (Å²) in [5.74, 6) is 0. The van der Waals surface area contributed by atoms with Gasteiger partial charge in [0.1, 0.15) is 6.29 Å². The lowest BCUT2D eigenvalue weighted by Crippen LogP contribution is -1.87. The summed E-state index contributed by atoms with van der Waals surface area (Å²) in [5.41, 5.74) is 0.777. The van der Waals surface area contributed by atoms with E-state index in [0.717, 1.165) is 11.8 Å². The zero-order valence-corrected chi connectivity index (χ0v) is 7.23. The Balaban J connectivity index is 0.000001000. The number of aromatic nitrogens is 1. The van der Waals surface area contributed by atoms with E-state index >= 15 is 0 Å². The number of carbonyl (C=O) groups excluding carboxylic acids is 1. The van der Waals surface area contributed by atoms with E-state index in [1.165, 1.54) is 0 Å². The van der Waals surface area contributed by atoms with E-state index in [1.54, 1.807) is 18.5 Å². The minimum absolute atomic E-state index is 0. The number of rotatable bonds is 2. The van der Waals surface area contributed by atoms with E-state index in [2.05, 4.69) is 4.98 Å². The first-order chi connectivity index (χ1) is 4.84. The van der Waals surface area contributed by atoms with Crippen molar-refractivity contribution in [2.24, 2.45) is 0 Å². The summed E-state index contributed by atoms with van der Waals surface area (Å²) in [5, 5.41) is 0.599. The molecule has 11 heavy (non-hydrogen) atoms. The van der Waals surface area contributed by atoms with Crippen molar-refractivity contribution in [3.8, 4) is 0 Å². The lowest BCUT2D eigenvalue weighted by atomic mass is 10.2. The molecule has 0 aliphatic heterocycles.